The van der Waals surface area contributed by atoms with E-state index in [-0.39, 0.29) is 12.3 Å². The molecule has 0 radical (unpaired) electrons. The minimum atomic E-state index is -0.164. The van der Waals surface area contributed by atoms with Gasteiger partial charge < -0.3 is 14.8 Å². The molecule has 1 amide bonds. The van der Waals surface area contributed by atoms with Crippen LogP contribution in [0.25, 0.3) is 0 Å². The van der Waals surface area contributed by atoms with Crippen LogP contribution in [0.2, 0.25) is 10.0 Å². The SMILES string of the molecule is COc1cc(CSc2nc(CC(=O)Nc3ccc(Cl)c(Cl)c3)cs2)cc(OC)c1. The van der Waals surface area contributed by atoms with E-state index in [0.717, 1.165) is 32.8 Å². The molecule has 0 saturated carbocycles. The van der Waals surface area contributed by atoms with Crippen LogP contribution in [0, 0.1) is 0 Å². The third-order valence-electron chi connectivity index (χ3n) is 3.85. The van der Waals surface area contributed by atoms with Crippen LogP contribution >= 0.6 is 46.3 Å². The zero-order valence-corrected chi connectivity index (χ0v) is 18.8. The lowest BCUT2D eigenvalue weighted by molar-refractivity contribution is -0.115. The van der Waals surface area contributed by atoms with Crippen molar-refractivity contribution in [3.8, 4) is 11.5 Å². The molecule has 5 nitrogen and oxygen atoms in total. The van der Waals surface area contributed by atoms with Crippen LogP contribution in [-0.2, 0) is 17.0 Å². The molecule has 0 unspecified atom stereocenters. The van der Waals surface area contributed by atoms with Gasteiger partial charge in [-0.15, -0.1) is 11.3 Å². The minimum absolute atomic E-state index is 0.164. The Morgan fingerprint density at radius 2 is 1.83 bits per heavy atom. The van der Waals surface area contributed by atoms with Crippen molar-refractivity contribution in [1.82, 2.24) is 4.98 Å². The largest absolute Gasteiger partial charge is 0.497 e. The van der Waals surface area contributed by atoms with E-state index in [0.29, 0.717) is 15.7 Å². The van der Waals surface area contributed by atoms with Gasteiger partial charge in [0.05, 0.1) is 36.4 Å². The van der Waals surface area contributed by atoms with Gasteiger partial charge in [0.25, 0.3) is 0 Å². The average molecular weight is 469 g/mol. The minimum Gasteiger partial charge on any atom is -0.497 e. The summed E-state index contributed by atoms with van der Waals surface area (Å²) in [7, 11) is 3.25. The first-order chi connectivity index (χ1) is 14.0. The first-order valence-electron chi connectivity index (χ1n) is 8.51. The number of thiazole rings is 1. The van der Waals surface area contributed by atoms with Crippen molar-refractivity contribution in [2.45, 2.75) is 16.5 Å². The standard InChI is InChI=1S/C20H18Cl2N2O3S2/c1-26-15-5-12(6-16(9-15)27-2)10-28-20-24-14(11-29-20)8-19(25)23-13-3-4-17(21)18(22)7-13/h3-7,9,11H,8,10H2,1-2H3,(H,23,25). The number of aromatic nitrogens is 1. The molecular formula is C20H18Cl2N2O3S2. The number of anilines is 1. The first-order valence-corrected chi connectivity index (χ1v) is 11.1. The van der Waals surface area contributed by atoms with Gasteiger partial charge in [-0.05, 0) is 35.9 Å². The lowest BCUT2D eigenvalue weighted by Crippen LogP contribution is -2.14. The summed E-state index contributed by atoms with van der Waals surface area (Å²) < 4.78 is 11.5. The molecule has 0 saturated heterocycles. The number of halogens is 2. The maximum Gasteiger partial charge on any atom is 0.230 e. The van der Waals surface area contributed by atoms with Crippen molar-refractivity contribution in [3.63, 3.8) is 0 Å². The number of thioether (sulfide) groups is 1. The Morgan fingerprint density at radius 1 is 1.10 bits per heavy atom. The Balaban J connectivity index is 1.56. The van der Waals surface area contributed by atoms with E-state index < -0.39 is 0 Å². The predicted molar refractivity (Wildman–Crippen MR) is 120 cm³/mol. The fourth-order valence-electron chi connectivity index (χ4n) is 2.47. The van der Waals surface area contributed by atoms with Gasteiger partial charge in [0.15, 0.2) is 0 Å². The van der Waals surface area contributed by atoms with Crippen molar-refractivity contribution in [2.75, 3.05) is 19.5 Å². The number of hydrogen-bond acceptors (Lipinski definition) is 6. The summed E-state index contributed by atoms with van der Waals surface area (Å²) in [6.45, 7) is 0. The van der Waals surface area contributed by atoms with E-state index in [4.69, 9.17) is 32.7 Å². The van der Waals surface area contributed by atoms with E-state index in [1.165, 1.54) is 11.3 Å². The van der Waals surface area contributed by atoms with Crippen molar-refractivity contribution in [3.05, 3.63) is 63.1 Å². The lowest BCUT2D eigenvalue weighted by Gasteiger charge is -2.07. The normalized spacial score (nSPS) is 10.6. The molecule has 0 aliphatic heterocycles. The number of carbonyl (C=O) groups is 1. The zero-order chi connectivity index (χ0) is 20.8. The maximum atomic E-state index is 12.3. The molecular weight excluding hydrogens is 451 g/mol. The number of methoxy groups -OCH3 is 2. The second kappa shape index (κ2) is 10.2. The molecule has 1 N–H and O–H groups in total. The Bertz CT molecular complexity index is 989. The number of nitrogens with zero attached hydrogens (tertiary/aromatic N) is 1. The zero-order valence-electron chi connectivity index (χ0n) is 15.7. The van der Waals surface area contributed by atoms with Gasteiger partial charge in [0, 0.05) is 22.9 Å². The van der Waals surface area contributed by atoms with Crippen LogP contribution in [0.15, 0.2) is 46.1 Å². The van der Waals surface area contributed by atoms with E-state index in [1.807, 2.05) is 23.6 Å². The molecule has 1 aromatic heterocycles. The van der Waals surface area contributed by atoms with Crippen LogP contribution in [-0.4, -0.2) is 25.1 Å². The molecule has 3 rings (SSSR count). The summed E-state index contributed by atoms with van der Waals surface area (Å²) in [4.78, 5) is 16.8. The summed E-state index contributed by atoms with van der Waals surface area (Å²) in [6.07, 6.45) is 0.185. The van der Waals surface area contributed by atoms with E-state index in [9.17, 15) is 4.79 Å². The molecule has 0 atom stereocenters. The third kappa shape index (κ3) is 6.27. The molecule has 1 heterocycles. The van der Waals surface area contributed by atoms with Crippen LogP contribution < -0.4 is 14.8 Å². The second-order valence-corrected chi connectivity index (χ2v) is 8.86. The average Bonchev–Trinajstić information content (AvgIpc) is 3.16. The van der Waals surface area contributed by atoms with E-state index >= 15 is 0 Å². The highest BCUT2D eigenvalue weighted by Gasteiger charge is 2.10. The summed E-state index contributed by atoms with van der Waals surface area (Å²) in [5.41, 5.74) is 2.39. The highest BCUT2D eigenvalue weighted by molar-refractivity contribution is 8.00. The van der Waals surface area contributed by atoms with Gasteiger partial charge in [-0.2, -0.15) is 0 Å². The van der Waals surface area contributed by atoms with Gasteiger partial charge in [-0.25, -0.2) is 4.98 Å². The van der Waals surface area contributed by atoms with Crippen molar-refractivity contribution in [1.29, 1.82) is 0 Å². The molecule has 0 spiro atoms. The van der Waals surface area contributed by atoms with Gasteiger partial charge in [0.2, 0.25) is 5.91 Å². The van der Waals surface area contributed by atoms with Crippen molar-refractivity contribution < 1.29 is 14.3 Å². The molecule has 0 bridgehead atoms. The van der Waals surface area contributed by atoms with Gasteiger partial charge in [-0.1, -0.05) is 35.0 Å². The predicted octanol–water partition coefficient (Wildman–Crippen LogP) is 5.94. The molecule has 9 heteroatoms. The Labute approximate surface area is 187 Å². The number of ether oxygens (including phenoxy) is 2. The summed E-state index contributed by atoms with van der Waals surface area (Å²) in [5.74, 6) is 2.05. The smallest absolute Gasteiger partial charge is 0.230 e. The number of amides is 1. The van der Waals surface area contributed by atoms with Crippen LogP contribution in [0.1, 0.15) is 11.3 Å². The molecule has 29 heavy (non-hydrogen) atoms. The molecule has 152 valence electrons. The molecule has 0 fully saturated rings. The van der Waals surface area contributed by atoms with Crippen molar-refractivity contribution in [2.24, 2.45) is 0 Å². The quantitative estimate of drug-likeness (QED) is 0.414. The van der Waals surface area contributed by atoms with Crippen LogP contribution in [0.4, 0.5) is 5.69 Å². The number of hydrogen-bond donors (Lipinski definition) is 1. The number of nitrogens with one attached hydrogen (secondary N) is 1. The van der Waals surface area contributed by atoms with Gasteiger partial charge >= 0.3 is 0 Å². The summed E-state index contributed by atoms with van der Waals surface area (Å²) >= 11 is 15.0. The molecule has 0 aliphatic rings. The highest BCUT2D eigenvalue weighted by Crippen LogP contribution is 2.30. The highest BCUT2D eigenvalue weighted by atomic mass is 35.5. The Morgan fingerprint density at radius 3 is 2.48 bits per heavy atom. The van der Waals surface area contributed by atoms with Crippen LogP contribution in [0.3, 0.4) is 0 Å². The Kier molecular flexibility index (Phi) is 7.66. The topological polar surface area (TPSA) is 60.5 Å². The maximum absolute atomic E-state index is 12.3. The second-order valence-electron chi connectivity index (χ2n) is 5.97. The number of benzene rings is 2. The lowest BCUT2D eigenvalue weighted by atomic mass is 10.2. The molecule has 0 aliphatic carbocycles. The van der Waals surface area contributed by atoms with E-state index in [1.54, 1.807) is 44.2 Å². The number of rotatable bonds is 8. The van der Waals surface area contributed by atoms with E-state index in [2.05, 4.69) is 10.3 Å². The monoisotopic (exact) mass is 468 g/mol. The third-order valence-corrected chi connectivity index (χ3v) is 6.73. The molecule has 3 aromatic rings. The van der Waals surface area contributed by atoms with Crippen LogP contribution in [0.5, 0.6) is 11.5 Å². The molecule has 2 aromatic carbocycles. The fourth-order valence-corrected chi connectivity index (χ4v) is 4.55. The van der Waals surface area contributed by atoms with Gasteiger partial charge in [-0.3, -0.25) is 4.79 Å². The Hall–Kier alpha value is -1.93. The first kappa shape index (κ1) is 21.8. The van der Waals surface area contributed by atoms with Gasteiger partial charge in [0.1, 0.15) is 15.8 Å². The number of carbonyl (C=O) groups excluding carboxylic acids is 1. The summed E-state index contributed by atoms with van der Waals surface area (Å²) in [6, 6.07) is 10.7. The summed E-state index contributed by atoms with van der Waals surface area (Å²) in [5, 5.41) is 5.53. The fraction of sp³-hybridized carbons (Fsp3) is 0.200. The van der Waals surface area contributed by atoms with Crippen molar-refractivity contribution >= 4 is 57.9 Å².